The van der Waals surface area contributed by atoms with Gasteiger partial charge < -0.3 is 19.0 Å². The van der Waals surface area contributed by atoms with Crippen LogP contribution in [0.2, 0.25) is 0 Å². The van der Waals surface area contributed by atoms with Crippen LogP contribution in [0.3, 0.4) is 0 Å². The summed E-state index contributed by atoms with van der Waals surface area (Å²) in [6.07, 6.45) is -1.01. The lowest BCUT2D eigenvalue weighted by Gasteiger charge is -2.12. The molecule has 2 aromatic carbocycles. The van der Waals surface area contributed by atoms with Gasteiger partial charge in [0.2, 0.25) is 0 Å². The molecule has 6 heteroatoms. The lowest BCUT2D eigenvalue weighted by molar-refractivity contribution is -0.144. The van der Waals surface area contributed by atoms with E-state index in [4.69, 9.17) is 19.0 Å². The Morgan fingerprint density at radius 2 is 1.76 bits per heavy atom. The molecule has 0 saturated carbocycles. The van der Waals surface area contributed by atoms with Gasteiger partial charge in [-0.3, -0.25) is 0 Å². The molecule has 0 fully saturated rings. The molecule has 0 bridgehead atoms. The number of aliphatic carboxylic acids is 1. The Bertz CT molecular complexity index is 971. The Labute approximate surface area is 143 Å². The topological polar surface area (TPSA) is 86.0 Å². The Morgan fingerprint density at radius 1 is 1.08 bits per heavy atom. The number of carboxylic acids is 1. The molecule has 1 heterocycles. The van der Waals surface area contributed by atoms with Gasteiger partial charge >= 0.3 is 11.6 Å². The minimum absolute atomic E-state index is 0.317. The molecule has 0 aliphatic rings. The number of carbonyl (C=O) groups is 1. The maximum absolute atomic E-state index is 11.9. The van der Waals surface area contributed by atoms with E-state index < -0.39 is 17.7 Å². The lowest BCUT2D eigenvalue weighted by Crippen LogP contribution is -2.22. The van der Waals surface area contributed by atoms with E-state index in [0.717, 1.165) is 16.7 Å². The van der Waals surface area contributed by atoms with Crippen LogP contribution in [-0.2, 0) is 4.79 Å². The van der Waals surface area contributed by atoms with Crippen LogP contribution in [0.4, 0.5) is 0 Å². The maximum Gasteiger partial charge on any atom is 0.344 e. The molecular formula is C19H16O6. The summed E-state index contributed by atoms with van der Waals surface area (Å²) in [5.74, 6) is -0.0414. The van der Waals surface area contributed by atoms with E-state index >= 15 is 0 Å². The number of benzene rings is 2. The van der Waals surface area contributed by atoms with Crippen molar-refractivity contribution in [3.05, 3.63) is 59.0 Å². The first-order chi connectivity index (χ1) is 12.0. The van der Waals surface area contributed by atoms with Gasteiger partial charge in [0.1, 0.15) is 17.1 Å². The molecule has 3 rings (SSSR count). The quantitative estimate of drug-likeness (QED) is 0.717. The molecule has 25 heavy (non-hydrogen) atoms. The van der Waals surface area contributed by atoms with Crippen LogP contribution < -0.4 is 15.1 Å². The zero-order chi connectivity index (χ0) is 18.0. The van der Waals surface area contributed by atoms with E-state index in [1.165, 1.54) is 19.1 Å². The summed E-state index contributed by atoms with van der Waals surface area (Å²) >= 11 is 0. The average Bonchev–Trinajstić information content (AvgIpc) is 2.60. The summed E-state index contributed by atoms with van der Waals surface area (Å²) in [5, 5.41) is 9.65. The van der Waals surface area contributed by atoms with Crippen LogP contribution in [0.1, 0.15) is 6.92 Å². The predicted octanol–water partition coefficient (Wildman–Crippen LogP) is 3.32. The van der Waals surface area contributed by atoms with Gasteiger partial charge in [-0.25, -0.2) is 9.59 Å². The summed E-state index contributed by atoms with van der Waals surface area (Å²) in [5.41, 5.74) is 1.38. The summed E-state index contributed by atoms with van der Waals surface area (Å²) < 4.78 is 15.7. The third-order valence-corrected chi connectivity index (χ3v) is 3.78. The second kappa shape index (κ2) is 6.68. The van der Waals surface area contributed by atoms with E-state index in [1.54, 1.807) is 19.2 Å². The van der Waals surface area contributed by atoms with Crippen molar-refractivity contribution in [2.75, 3.05) is 7.11 Å². The van der Waals surface area contributed by atoms with Crippen molar-refractivity contribution in [2.45, 2.75) is 13.0 Å². The van der Waals surface area contributed by atoms with Crippen molar-refractivity contribution < 1.29 is 23.8 Å². The van der Waals surface area contributed by atoms with E-state index in [1.807, 2.05) is 24.3 Å². The number of hydrogen-bond donors (Lipinski definition) is 1. The van der Waals surface area contributed by atoms with Crippen LogP contribution in [0.5, 0.6) is 11.5 Å². The molecule has 0 radical (unpaired) electrons. The van der Waals surface area contributed by atoms with Crippen molar-refractivity contribution in [3.63, 3.8) is 0 Å². The fraction of sp³-hybridized carbons (Fsp3) is 0.158. The standard InChI is InChI=1S/C19H16O6/c1-11(19(21)22)24-14-7-8-15-16(10-18(20)25-17(15)9-14)12-3-5-13(23-2)6-4-12/h3-11H,1-2H3,(H,21,22)/t11-/m0/s1. The van der Waals surface area contributed by atoms with Gasteiger partial charge in [-0.2, -0.15) is 0 Å². The fourth-order valence-electron chi connectivity index (χ4n) is 2.48. The summed E-state index contributed by atoms with van der Waals surface area (Å²) in [7, 11) is 1.58. The molecule has 0 saturated heterocycles. The number of fused-ring (bicyclic) bond motifs is 1. The third-order valence-electron chi connectivity index (χ3n) is 3.78. The highest BCUT2D eigenvalue weighted by atomic mass is 16.5. The van der Waals surface area contributed by atoms with Gasteiger partial charge in [0, 0.05) is 17.5 Å². The van der Waals surface area contributed by atoms with Crippen LogP contribution >= 0.6 is 0 Å². The number of rotatable bonds is 5. The smallest absolute Gasteiger partial charge is 0.344 e. The molecule has 6 nitrogen and oxygen atoms in total. The summed E-state index contributed by atoms with van der Waals surface area (Å²) in [4.78, 5) is 22.8. The minimum atomic E-state index is -1.08. The number of carboxylic acid groups (broad SMARTS) is 1. The number of hydrogen-bond acceptors (Lipinski definition) is 5. The fourth-order valence-corrected chi connectivity index (χ4v) is 2.48. The van der Waals surface area contributed by atoms with Gasteiger partial charge in [0.25, 0.3) is 0 Å². The van der Waals surface area contributed by atoms with Crippen molar-refractivity contribution in [2.24, 2.45) is 0 Å². The van der Waals surface area contributed by atoms with Crippen molar-refractivity contribution >= 4 is 16.9 Å². The van der Waals surface area contributed by atoms with Crippen molar-refractivity contribution in [3.8, 4) is 22.6 Å². The molecular weight excluding hydrogens is 324 g/mol. The molecule has 0 spiro atoms. The summed E-state index contributed by atoms with van der Waals surface area (Å²) in [6.45, 7) is 1.43. The molecule has 1 atom stereocenters. The zero-order valence-electron chi connectivity index (χ0n) is 13.7. The molecule has 128 valence electrons. The average molecular weight is 340 g/mol. The SMILES string of the molecule is COc1ccc(-c2cc(=O)oc3cc(O[C@@H](C)C(=O)O)ccc23)cc1. The minimum Gasteiger partial charge on any atom is -0.497 e. The van der Waals surface area contributed by atoms with Crippen molar-refractivity contribution in [1.82, 2.24) is 0 Å². The highest BCUT2D eigenvalue weighted by Crippen LogP contribution is 2.30. The second-order valence-electron chi connectivity index (χ2n) is 5.46. The highest BCUT2D eigenvalue weighted by Gasteiger charge is 2.14. The number of methoxy groups -OCH3 is 1. The van der Waals surface area contributed by atoms with Gasteiger partial charge in [-0.15, -0.1) is 0 Å². The third kappa shape index (κ3) is 3.47. The Balaban J connectivity index is 2.07. The zero-order valence-corrected chi connectivity index (χ0v) is 13.7. The van der Waals surface area contributed by atoms with Crippen LogP contribution in [-0.4, -0.2) is 24.3 Å². The molecule has 0 aliphatic carbocycles. The first-order valence-corrected chi connectivity index (χ1v) is 7.60. The maximum atomic E-state index is 11.9. The van der Waals surface area contributed by atoms with E-state index in [0.29, 0.717) is 16.9 Å². The van der Waals surface area contributed by atoms with Crippen LogP contribution in [0.15, 0.2) is 57.7 Å². The van der Waals surface area contributed by atoms with E-state index in [9.17, 15) is 9.59 Å². The van der Waals surface area contributed by atoms with Crippen molar-refractivity contribution in [1.29, 1.82) is 0 Å². The van der Waals surface area contributed by atoms with E-state index in [-0.39, 0.29) is 0 Å². The highest BCUT2D eigenvalue weighted by molar-refractivity contribution is 5.93. The van der Waals surface area contributed by atoms with Crippen LogP contribution in [0.25, 0.3) is 22.1 Å². The molecule has 0 aliphatic heterocycles. The van der Waals surface area contributed by atoms with Gasteiger partial charge in [0.05, 0.1) is 7.11 Å². The molecule has 1 N–H and O–H groups in total. The Morgan fingerprint density at radius 3 is 2.40 bits per heavy atom. The first-order valence-electron chi connectivity index (χ1n) is 7.60. The van der Waals surface area contributed by atoms with Crippen LogP contribution in [0, 0.1) is 0 Å². The molecule has 0 amide bonds. The monoisotopic (exact) mass is 340 g/mol. The molecule has 1 aromatic heterocycles. The lowest BCUT2D eigenvalue weighted by atomic mass is 10.0. The normalized spacial score (nSPS) is 11.9. The van der Waals surface area contributed by atoms with Gasteiger partial charge in [-0.05, 0) is 42.3 Å². The largest absolute Gasteiger partial charge is 0.497 e. The Kier molecular flexibility index (Phi) is 4.43. The van der Waals surface area contributed by atoms with E-state index in [2.05, 4.69) is 0 Å². The summed E-state index contributed by atoms with van der Waals surface area (Å²) in [6, 6.07) is 13.6. The molecule has 0 unspecified atom stereocenters. The molecule has 3 aromatic rings. The Hall–Kier alpha value is -3.28. The first kappa shape index (κ1) is 16.6. The van der Waals surface area contributed by atoms with Gasteiger partial charge in [0.15, 0.2) is 6.10 Å². The second-order valence-corrected chi connectivity index (χ2v) is 5.46. The van der Waals surface area contributed by atoms with Gasteiger partial charge in [-0.1, -0.05) is 12.1 Å². The predicted molar refractivity (Wildman–Crippen MR) is 92.2 cm³/mol. The number of ether oxygens (including phenoxy) is 2.